The van der Waals surface area contributed by atoms with Crippen molar-refractivity contribution in [2.75, 3.05) is 0 Å². The van der Waals surface area contributed by atoms with Gasteiger partial charge in [-0.15, -0.1) is 0 Å². The standard InChI is InChI=1S/C11H6FNO/c12-11-6-3-5-9(10(11)8-13)4-1-2-7-14/h3,5-7H,2H2. The molecular weight excluding hydrogens is 181 g/mol. The van der Waals surface area contributed by atoms with E-state index in [9.17, 15) is 9.18 Å². The molecule has 0 aliphatic rings. The Morgan fingerprint density at radius 2 is 2.29 bits per heavy atom. The van der Waals surface area contributed by atoms with Crippen molar-refractivity contribution in [2.24, 2.45) is 0 Å². The van der Waals surface area contributed by atoms with Crippen molar-refractivity contribution in [3.05, 3.63) is 35.1 Å². The molecule has 68 valence electrons. The van der Waals surface area contributed by atoms with E-state index in [1.54, 1.807) is 12.1 Å². The zero-order valence-electron chi connectivity index (χ0n) is 7.25. The van der Waals surface area contributed by atoms with E-state index in [2.05, 4.69) is 11.8 Å². The lowest BCUT2D eigenvalue weighted by atomic mass is 10.1. The van der Waals surface area contributed by atoms with Crippen molar-refractivity contribution in [3.8, 4) is 17.9 Å². The van der Waals surface area contributed by atoms with Crippen LogP contribution in [0, 0.1) is 29.0 Å². The minimum atomic E-state index is -0.592. The number of hydrogen-bond acceptors (Lipinski definition) is 2. The highest BCUT2D eigenvalue weighted by atomic mass is 19.1. The second-order valence-corrected chi connectivity index (χ2v) is 2.45. The summed E-state index contributed by atoms with van der Waals surface area (Å²) in [6.07, 6.45) is 0.736. The van der Waals surface area contributed by atoms with Gasteiger partial charge in [-0.05, 0) is 12.1 Å². The SMILES string of the molecule is N#Cc1c(F)cccc1C#CCC=O. The highest BCUT2D eigenvalue weighted by Gasteiger charge is 2.04. The summed E-state index contributed by atoms with van der Waals surface area (Å²) >= 11 is 0. The zero-order chi connectivity index (χ0) is 10.4. The number of carbonyl (C=O) groups excluding carboxylic acids is 1. The molecule has 0 saturated heterocycles. The van der Waals surface area contributed by atoms with E-state index in [0.717, 1.165) is 0 Å². The summed E-state index contributed by atoms with van der Waals surface area (Å²) in [7, 11) is 0. The Bertz CT molecular complexity index is 449. The van der Waals surface area contributed by atoms with Crippen molar-refractivity contribution in [2.45, 2.75) is 6.42 Å². The summed E-state index contributed by atoms with van der Waals surface area (Å²) in [5.74, 6) is 4.49. The van der Waals surface area contributed by atoms with Crippen LogP contribution >= 0.6 is 0 Å². The van der Waals surface area contributed by atoms with Crippen LogP contribution in [0.25, 0.3) is 0 Å². The van der Waals surface area contributed by atoms with Gasteiger partial charge in [-0.3, -0.25) is 0 Å². The number of nitriles is 1. The van der Waals surface area contributed by atoms with Crippen molar-refractivity contribution < 1.29 is 9.18 Å². The van der Waals surface area contributed by atoms with Crippen LogP contribution in [0.2, 0.25) is 0 Å². The summed E-state index contributed by atoms with van der Waals surface area (Å²) < 4.78 is 13.0. The van der Waals surface area contributed by atoms with Gasteiger partial charge in [-0.1, -0.05) is 17.9 Å². The monoisotopic (exact) mass is 187 g/mol. The van der Waals surface area contributed by atoms with Gasteiger partial charge in [0.1, 0.15) is 23.7 Å². The zero-order valence-corrected chi connectivity index (χ0v) is 7.25. The van der Waals surface area contributed by atoms with Crippen LogP contribution in [0.15, 0.2) is 18.2 Å². The third-order valence-electron chi connectivity index (χ3n) is 1.53. The topological polar surface area (TPSA) is 40.9 Å². The van der Waals surface area contributed by atoms with E-state index < -0.39 is 5.82 Å². The van der Waals surface area contributed by atoms with Crippen molar-refractivity contribution in [1.29, 1.82) is 5.26 Å². The molecule has 14 heavy (non-hydrogen) atoms. The lowest BCUT2D eigenvalue weighted by Gasteiger charge is -1.95. The fraction of sp³-hybridized carbons (Fsp3) is 0.0909. The van der Waals surface area contributed by atoms with E-state index in [1.807, 2.05) is 0 Å². The van der Waals surface area contributed by atoms with Crippen LogP contribution in [0.3, 0.4) is 0 Å². The van der Waals surface area contributed by atoms with Crippen LogP contribution in [-0.2, 0) is 4.79 Å². The maximum atomic E-state index is 13.0. The summed E-state index contributed by atoms with van der Waals surface area (Å²) in [5, 5.41) is 8.63. The van der Waals surface area contributed by atoms with Gasteiger partial charge in [0.05, 0.1) is 6.42 Å². The Morgan fingerprint density at radius 1 is 1.50 bits per heavy atom. The predicted octanol–water partition coefficient (Wildman–Crippen LogP) is 1.64. The van der Waals surface area contributed by atoms with E-state index >= 15 is 0 Å². The Morgan fingerprint density at radius 3 is 2.93 bits per heavy atom. The lowest BCUT2D eigenvalue weighted by Crippen LogP contribution is -1.88. The second-order valence-electron chi connectivity index (χ2n) is 2.45. The molecule has 0 amide bonds. The lowest BCUT2D eigenvalue weighted by molar-refractivity contribution is -0.107. The third kappa shape index (κ3) is 2.18. The molecule has 1 aromatic carbocycles. The molecule has 0 radical (unpaired) electrons. The summed E-state index contributed by atoms with van der Waals surface area (Å²) in [5.41, 5.74) is 0.236. The van der Waals surface area contributed by atoms with Crippen molar-refractivity contribution in [1.82, 2.24) is 0 Å². The van der Waals surface area contributed by atoms with Crippen LogP contribution in [-0.4, -0.2) is 6.29 Å². The van der Waals surface area contributed by atoms with E-state index in [4.69, 9.17) is 5.26 Å². The first-order chi connectivity index (χ1) is 6.79. The maximum Gasteiger partial charge on any atom is 0.142 e. The maximum absolute atomic E-state index is 13.0. The van der Waals surface area contributed by atoms with Gasteiger partial charge in [0.2, 0.25) is 0 Å². The first-order valence-corrected chi connectivity index (χ1v) is 3.90. The quantitative estimate of drug-likeness (QED) is 0.495. The molecule has 0 N–H and O–H groups in total. The van der Waals surface area contributed by atoms with Gasteiger partial charge in [-0.25, -0.2) is 4.39 Å². The number of hydrogen-bond donors (Lipinski definition) is 0. The molecule has 0 spiro atoms. The average molecular weight is 187 g/mol. The molecular formula is C11H6FNO. The summed E-state index contributed by atoms with van der Waals surface area (Å²) in [6.45, 7) is 0. The number of benzene rings is 1. The van der Waals surface area contributed by atoms with Gasteiger partial charge >= 0.3 is 0 Å². The molecule has 2 nitrogen and oxygen atoms in total. The number of rotatable bonds is 1. The van der Waals surface area contributed by atoms with Crippen LogP contribution in [0.1, 0.15) is 17.5 Å². The largest absolute Gasteiger partial charge is 0.302 e. The van der Waals surface area contributed by atoms with Gasteiger partial charge in [0, 0.05) is 5.56 Å². The number of carbonyl (C=O) groups is 1. The second kappa shape index (κ2) is 4.79. The Hall–Kier alpha value is -2.13. The first-order valence-electron chi connectivity index (χ1n) is 3.90. The molecule has 1 rings (SSSR count). The smallest absolute Gasteiger partial charge is 0.142 e. The number of halogens is 1. The fourth-order valence-electron chi connectivity index (χ4n) is 0.930. The van der Waals surface area contributed by atoms with Crippen LogP contribution < -0.4 is 0 Å². The Kier molecular flexibility index (Phi) is 3.41. The highest BCUT2D eigenvalue weighted by molar-refractivity contribution is 5.56. The first kappa shape index (κ1) is 9.95. The van der Waals surface area contributed by atoms with Crippen molar-refractivity contribution in [3.63, 3.8) is 0 Å². The molecule has 1 aromatic rings. The molecule has 0 fully saturated rings. The average Bonchev–Trinajstić information content (AvgIpc) is 2.18. The van der Waals surface area contributed by atoms with E-state index in [1.165, 1.54) is 12.1 Å². The van der Waals surface area contributed by atoms with E-state index in [-0.39, 0.29) is 12.0 Å². The minimum absolute atomic E-state index is 0.0779. The van der Waals surface area contributed by atoms with Gasteiger partial charge < -0.3 is 4.79 Å². The molecule has 0 atom stereocenters. The fourth-order valence-corrected chi connectivity index (χ4v) is 0.930. The third-order valence-corrected chi connectivity index (χ3v) is 1.53. The predicted molar refractivity (Wildman–Crippen MR) is 48.7 cm³/mol. The molecule has 0 saturated carbocycles. The van der Waals surface area contributed by atoms with Crippen LogP contribution in [0.5, 0.6) is 0 Å². The molecule has 0 bridgehead atoms. The Balaban J connectivity index is 3.11. The van der Waals surface area contributed by atoms with Crippen molar-refractivity contribution >= 4 is 6.29 Å². The minimum Gasteiger partial charge on any atom is -0.302 e. The number of aldehydes is 1. The molecule has 0 aliphatic carbocycles. The molecule has 0 heterocycles. The highest BCUT2D eigenvalue weighted by Crippen LogP contribution is 2.10. The molecule has 0 unspecified atom stereocenters. The molecule has 0 aliphatic heterocycles. The summed E-state index contributed by atoms with van der Waals surface area (Å²) in [6, 6.07) is 5.94. The van der Waals surface area contributed by atoms with Gasteiger partial charge in [0.15, 0.2) is 0 Å². The van der Waals surface area contributed by atoms with Gasteiger partial charge in [-0.2, -0.15) is 5.26 Å². The molecule has 3 heteroatoms. The normalized spacial score (nSPS) is 8.29. The molecule has 0 aromatic heterocycles. The number of nitrogens with zero attached hydrogens (tertiary/aromatic N) is 1. The Labute approximate surface area is 81.0 Å². The van der Waals surface area contributed by atoms with E-state index in [0.29, 0.717) is 11.8 Å². The summed E-state index contributed by atoms with van der Waals surface area (Å²) in [4.78, 5) is 9.97. The van der Waals surface area contributed by atoms with Crippen LogP contribution in [0.4, 0.5) is 4.39 Å². The van der Waals surface area contributed by atoms with Gasteiger partial charge in [0.25, 0.3) is 0 Å².